The summed E-state index contributed by atoms with van der Waals surface area (Å²) in [5, 5.41) is 0. The van der Waals surface area contributed by atoms with Gasteiger partial charge in [-0.1, -0.05) is 0 Å². The third-order valence-electron chi connectivity index (χ3n) is 12.4. The van der Waals surface area contributed by atoms with Crippen LogP contribution in [0.1, 0.15) is 238 Å². The first kappa shape index (κ1) is 75.9. The van der Waals surface area contributed by atoms with Gasteiger partial charge >= 0.3 is 5.97 Å². The lowest BCUT2D eigenvalue weighted by molar-refractivity contribution is -0.180. The summed E-state index contributed by atoms with van der Waals surface area (Å²) in [4.78, 5) is 12.0. The molecule has 0 saturated heterocycles. The van der Waals surface area contributed by atoms with Gasteiger partial charge in [0.1, 0.15) is 24.2 Å². The van der Waals surface area contributed by atoms with Crippen LogP contribution in [0, 0.1) is 0 Å². The minimum atomic E-state index is -1.06. The Kier molecular flexibility index (Phi) is 31.1. The van der Waals surface area contributed by atoms with Crippen LogP contribution < -0.4 is 11.5 Å². The Labute approximate surface area is 472 Å². The maximum atomic E-state index is 12.0. The highest BCUT2D eigenvalue weighted by molar-refractivity contribution is 5.65. The Balaban J connectivity index is 5.87. The van der Waals surface area contributed by atoms with Crippen LogP contribution in [0.25, 0.3) is 0 Å². The third kappa shape index (κ3) is 44.2. The van der Waals surface area contributed by atoms with Crippen LogP contribution in [0.5, 0.6) is 0 Å². The van der Waals surface area contributed by atoms with Crippen LogP contribution in [-0.4, -0.2) is 158 Å². The zero-order valence-corrected chi connectivity index (χ0v) is 54.8. The number of hydrogen-bond acceptors (Lipinski definition) is 16. The molecule has 0 spiro atoms. The van der Waals surface area contributed by atoms with Crippen molar-refractivity contribution in [1.82, 2.24) is 0 Å². The van der Waals surface area contributed by atoms with Gasteiger partial charge in [-0.05, 0) is 219 Å². The molecule has 0 radical (unpaired) electrons. The van der Waals surface area contributed by atoms with Gasteiger partial charge in [0.15, 0.2) is 0 Å². The summed E-state index contributed by atoms with van der Waals surface area (Å²) in [5.74, 6) is -0.409. The second-order valence-corrected chi connectivity index (χ2v) is 29.6. The molecule has 0 amide bonds. The fraction of sp³-hybridized carbons (Fsp3) is 0.984. The second-order valence-electron chi connectivity index (χ2n) is 29.6. The molecule has 0 aliphatic carbocycles. The van der Waals surface area contributed by atoms with E-state index in [1.807, 2.05) is 125 Å². The maximum Gasteiger partial charge on any atom is 0.302 e. The molecule has 77 heavy (non-hydrogen) atoms. The normalized spacial score (nSPS) is 17.0. The van der Waals surface area contributed by atoms with Crippen molar-refractivity contribution in [3.05, 3.63) is 0 Å². The predicted molar refractivity (Wildman–Crippen MR) is 310 cm³/mol. The second kappa shape index (κ2) is 31.5. The molecule has 0 aliphatic heterocycles. The van der Waals surface area contributed by atoms with Gasteiger partial charge in [0.2, 0.25) is 0 Å². The topological polar surface area (TPSA) is 189 Å². The molecule has 462 valence electrons. The van der Waals surface area contributed by atoms with Crippen LogP contribution in [0.4, 0.5) is 0 Å². The van der Waals surface area contributed by atoms with E-state index in [1.165, 1.54) is 6.92 Å². The van der Waals surface area contributed by atoms with Gasteiger partial charge in [0, 0.05) is 46.2 Å². The predicted octanol–water partition coefficient (Wildman–Crippen LogP) is 12.2. The summed E-state index contributed by atoms with van der Waals surface area (Å²) < 4.78 is 82.1. The van der Waals surface area contributed by atoms with E-state index in [0.29, 0.717) is 104 Å². The van der Waals surface area contributed by atoms with Crippen molar-refractivity contribution in [2.24, 2.45) is 11.5 Å². The highest BCUT2D eigenvalue weighted by atomic mass is 16.6. The van der Waals surface area contributed by atoms with Gasteiger partial charge in [-0.3, -0.25) is 4.79 Å². The lowest BCUT2D eigenvalue weighted by Gasteiger charge is -2.38. The average Bonchev–Trinajstić information content (AvgIpc) is 3.17. The van der Waals surface area contributed by atoms with Gasteiger partial charge in [-0.25, -0.2) is 0 Å². The van der Waals surface area contributed by atoms with E-state index in [-0.39, 0.29) is 47.8 Å². The lowest BCUT2D eigenvalue weighted by atomic mass is 10.0. The first-order valence-electron chi connectivity index (χ1n) is 28.8. The third-order valence-corrected chi connectivity index (χ3v) is 12.4. The summed E-state index contributed by atoms with van der Waals surface area (Å²) in [6.07, 6.45) is 3.24. The Hall–Kier alpha value is -1.09. The average molecular weight is 1110 g/mol. The summed E-state index contributed by atoms with van der Waals surface area (Å²) in [5.41, 5.74) is 7.39. The van der Waals surface area contributed by atoms with Crippen molar-refractivity contribution in [3.63, 3.8) is 0 Å². The summed E-state index contributed by atoms with van der Waals surface area (Å²) >= 11 is 0. The molecule has 5 unspecified atom stereocenters. The van der Waals surface area contributed by atoms with E-state index in [1.54, 1.807) is 0 Å². The van der Waals surface area contributed by atoms with E-state index in [9.17, 15) is 4.79 Å². The molecule has 0 aliphatic rings. The first-order valence-corrected chi connectivity index (χ1v) is 28.8. The van der Waals surface area contributed by atoms with Gasteiger partial charge < -0.3 is 73.0 Å². The smallest absolute Gasteiger partial charge is 0.302 e. The standard InChI is InChI=1S/C61H124N2O14/c1-46(64)65-42-49(77-59(24,25)33-39-71-61(27,63)41-48(76-58(22,23)32-37-69-53(11,12)13)44-73-55(16,17)29-35-67-51(5,6)7)45-74-56(18,19)30-38-70-60(26,62)40-47(75-57(20,21)31-36-68-52(8,9)10)43-72-54(14,15)28-34-66-50(2,3)4/h47-49H,28-45,62-63H2,1-27H3. The minimum absolute atomic E-state index is 0.0124. The van der Waals surface area contributed by atoms with Crippen molar-refractivity contribution in [2.75, 3.05) is 66.1 Å². The monoisotopic (exact) mass is 1110 g/mol. The fourth-order valence-corrected chi connectivity index (χ4v) is 7.79. The van der Waals surface area contributed by atoms with Crippen molar-refractivity contribution in [1.29, 1.82) is 0 Å². The lowest BCUT2D eigenvalue weighted by Crippen LogP contribution is -2.48. The van der Waals surface area contributed by atoms with Crippen molar-refractivity contribution < 1.29 is 66.4 Å². The number of rotatable bonds is 41. The van der Waals surface area contributed by atoms with Gasteiger partial charge in [-0.2, -0.15) is 0 Å². The van der Waals surface area contributed by atoms with Crippen molar-refractivity contribution in [3.8, 4) is 0 Å². The van der Waals surface area contributed by atoms with Crippen molar-refractivity contribution >= 4 is 5.97 Å². The SMILES string of the molecule is CC(=O)OCC(COC(C)(C)CCOC(C)(N)CC(COC(C)(C)CCOC(C)(C)C)OC(C)(C)CCOC(C)(C)C)OC(C)(C)CCOC(C)(N)CC(COC(C)(C)CCOC(C)(C)C)OC(C)(C)CCOC(C)(C)C. The van der Waals surface area contributed by atoms with E-state index in [0.717, 1.165) is 0 Å². The highest BCUT2D eigenvalue weighted by Crippen LogP contribution is 2.30. The van der Waals surface area contributed by atoms with Gasteiger partial charge in [0.25, 0.3) is 0 Å². The summed E-state index contributed by atoms with van der Waals surface area (Å²) in [6.45, 7) is 57.8. The Bertz CT molecular complexity index is 1620. The molecular weight excluding hydrogens is 985 g/mol. The van der Waals surface area contributed by atoms with E-state index in [2.05, 4.69) is 55.4 Å². The number of ether oxygens (including phenoxy) is 13. The quantitative estimate of drug-likeness (QED) is 0.0434. The molecule has 0 bridgehead atoms. The number of nitrogens with two attached hydrogens (primary N) is 2. The van der Waals surface area contributed by atoms with E-state index >= 15 is 0 Å². The Morgan fingerprint density at radius 1 is 0.312 bits per heavy atom. The van der Waals surface area contributed by atoms with Crippen LogP contribution >= 0.6 is 0 Å². The van der Waals surface area contributed by atoms with E-state index < -0.39 is 57.1 Å². The Morgan fingerprint density at radius 2 is 0.532 bits per heavy atom. The summed E-state index contributed by atoms with van der Waals surface area (Å²) in [6, 6.07) is 0. The summed E-state index contributed by atoms with van der Waals surface area (Å²) in [7, 11) is 0. The molecule has 0 rings (SSSR count). The molecule has 5 atom stereocenters. The molecule has 16 heteroatoms. The number of carbonyl (C=O) groups is 1. The molecule has 4 N–H and O–H groups in total. The van der Waals surface area contributed by atoms with Gasteiger partial charge in [-0.15, -0.1) is 0 Å². The number of esters is 1. The molecule has 0 aromatic heterocycles. The first-order chi connectivity index (χ1) is 34.3. The molecule has 0 heterocycles. The molecule has 16 nitrogen and oxygen atoms in total. The van der Waals surface area contributed by atoms with Crippen LogP contribution in [-0.2, 0) is 66.4 Å². The Morgan fingerprint density at radius 3 is 0.779 bits per heavy atom. The number of carbonyl (C=O) groups excluding carboxylic acids is 1. The zero-order valence-electron chi connectivity index (χ0n) is 54.8. The molecule has 0 fully saturated rings. The minimum Gasteiger partial charge on any atom is -0.463 e. The molecule has 0 saturated carbocycles. The molecular formula is C61H124N2O14. The fourth-order valence-electron chi connectivity index (χ4n) is 7.79. The van der Waals surface area contributed by atoms with E-state index in [4.69, 9.17) is 73.0 Å². The number of hydrogen-bond donors (Lipinski definition) is 2. The van der Waals surface area contributed by atoms with Crippen molar-refractivity contribution in [2.45, 2.75) is 324 Å². The molecule has 0 aromatic carbocycles. The van der Waals surface area contributed by atoms with Gasteiger partial charge in [0.05, 0.1) is 101 Å². The van der Waals surface area contributed by atoms with Crippen LogP contribution in [0.15, 0.2) is 0 Å². The van der Waals surface area contributed by atoms with Crippen LogP contribution in [0.3, 0.4) is 0 Å². The molecule has 0 aromatic rings. The van der Waals surface area contributed by atoms with Crippen LogP contribution in [0.2, 0.25) is 0 Å². The largest absolute Gasteiger partial charge is 0.463 e. The maximum absolute atomic E-state index is 12.0. The zero-order chi connectivity index (χ0) is 60.2. The highest BCUT2D eigenvalue weighted by Gasteiger charge is 2.36.